The Morgan fingerprint density at radius 3 is 0.0909 bits per heavy atom. The Morgan fingerprint density at radius 2 is 0.0909 bits per heavy atom. The highest BCUT2D eigenvalue weighted by molar-refractivity contribution is 8.95. The van der Waals surface area contributed by atoms with E-state index in [4.69, 9.17) is 0 Å². The van der Waals surface area contributed by atoms with E-state index in [0.717, 1.165) is 0 Å². The molecule has 1 nitrogen and oxygen atoms in total. The topological polar surface area (TPSA) is 35.0 Å². The van der Waals surface area contributed by atoms with Crippen LogP contribution in [0.2, 0.25) is 0 Å². The Kier molecular flexibility index (Phi) is 3870. The van der Waals surface area contributed by atoms with Crippen molar-refractivity contribution in [1.82, 2.24) is 6.15 Å². The minimum absolute atomic E-state index is 0. The summed E-state index contributed by atoms with van der Waals surface area (Å²) in [4.78, 5) is 0. The van der Waals surface area contributed by atoms with Gasteiger partial charge in [-0.1, -0.05) is 0 Å². The molecule has 0 rings (SSSR count). The number of hydrogen-bond acceptors (Lipinski definition) is 1. The highest BCUT2D eigenvalue weighted by Crippen LogP contribution is 0.866. The van der Waals surface area contributed by atoms with Gasteiger partial charge >= 0.3 is 0 Å². The average molecular weight is 1720 g/mol. The Labute approximate surface area is 354 Å². The second-order valence-electron chi connectivity index (χ2n) is 0. The van der Waals surface area contributed by atoms with E-state index < -0.39 is 0 Å². The summed E-state index contributed by atoms with van der Waals surface area (Å²) in [6.45, 7) is 0. The third-order valence-corrected chi connectivity index (χ3v) is 0. The van der Waals surface area contributed by atoms with Gasteiger partial charge in [-0.3, -0.25) is 0 Å². The molecule has 22 heavy (non-hydrogen) atoms. The molecule has 176 valence electrons. The molecule has 0 saturated heterocycles. The molecule has 0 aromatic rings. The molecule has 0 saturated carbocycles. The van der Waals surface area contributed by atoms with Gasteiger partial charge in [0.05, 0.1) is 0 Å². The SMILES string of the molecule is Br.Br.Br.Br.Br.Br.Br.Br.Br.Br.Br.Br.Br.Br.Br.Br.Br.Br.Br.Br.Br.N. The summed E-state index contributed by atoms with van der Waals surface area (Å²) < 4.78 is 0. The van der Waals surface area contributed by atoms with E-state index in [0.29, 0.717) is 0 Å². The highest BCUT2D eigenvalue weighted by atomic mass is 79.9. The molecule has 3 N–H and O–H groups in total. The van der Waals surface area contributed by atoms with Crippen molar-refractivity contribution in [2.45, 2.75) is 0 Å². The molecule has 0 amide bonds. The van der Waals surface area contributed by atoms with Crippen LogP contribution in [0, 0.1) is 0 Å². The van der Waals surface area contributed by atoms with Gasteiger partial charge in [-0.25, -0.2) is 0 Å². The lowest BCUT2D eigenvalue weighted by atomic mass is 14.0. The van der Waals surface area contributed by atoms with Crippen LogP contribution in [0.15, 0.2) is 0 Å². The maximum atomic E-state index is 0. The first-order chi connectivity index (χ1) is 0. The van der Waals surface area contributed by atoms with Crippen LogP contribution in [-0.2, 0) is 0 Å². The molecule has 0 aromatic heterocycles. The molecule has 0 heterocycles. The lowest BCUT2D eigenvalue weighted by Gasteiger charge is -0.344. The maximum absolute atomic E-state index is 0. The Morgan fingerprint density at radius 1 is 0.0909 bits per heavy atom. The summed E-state index contributed by atoms with van der Waals surface area (Å²) in [6, 6.07) is 0. The van der Waals surface area contributed by atoms with Crippen molar-refractivity contribution in [1.29, 1.82) is 0 Å². The van der Waals surface area contributed by atoms with Crippen LogP contribution in [-0.4, -0.2) is 0 Å². The molecule has 0 bridgehead atoms. The van der Waals surface area contributed by atoms with Crippen molar-refractivity contribution < 1.29 is 0 Å². The van der Waals surface area contributed by atoms with Gasteiger partial charge in [0, 0.05) is 0 Å². The summed E-state index contributed by atoms with van der Waals surface area (Å²) in [5.41, 5.74) is 0. The van der Waals surface area contributed by atoms with Crippen molar-refractivity contribution in [3.63, 3.8) is 0 Å². The zero-order chi connectivity index (χ0) is 0. The lowest BCUT2D eigenvalue weighted by Crippen LogP contribution is -0.481. The zero-order valence-electron chi connectivity index (χ0n) is 9.28. The molecule has 22 heteroatoms. The molecule has 0 aromatic carbocycles. The molecule has 0 aliphatic carbocycles. The number of hydrogen-bond donors (Lipinski definition) is 1. The van der Waals surface area contributed by atoms with E-state index in [1.165, 1.54) is 0 Å². The Balaban J connectivity index is 0. The van der Waals surface area contributed by atoms with Crippen LogP contribution < -0.4 is 6.15 Å². The minimum atomic E-state index is 0. The average Bonchev–Trinajstić information content (AvgIpc) is 0. The van der Waals surface area contributed by atoms with Crippen LogP contribution >= 0.6 is 357 Å². The summed E-state index contributed by atoms with van der Waals surface area (Å²) >= 11 is 0. The van der Waals surface area contributed by atoms with E-state index in [2.05, 4.69) is 0 Å². The monoisotopic (exact) mass is 1700 g/mol. The van der Waals surface area contributed by atoms with Gasteiger partial charge < -0.3 is 6.15 Å². The predicted molar refractivity (Wildman–Crippen MR) is 222 cm³/mol. The van der Waals surface area contributed by atoms with Crippen molar-refractivity contribution >= 4 is 357 Å². The molecular weight excluding hydrogens is 1690 g/mol. The normalized spacial score (nSPS) is 0. The highest BCUT2D eigenvalue weighted by Gasteiger charge is -0.0935. The van der Waals surface area contributed by atoms with Crippen molar-refractivity contribution in [3.05, 3.63) is 0 Å². The zero-order valence-corrected chi connectivity index (χ0v) is 45.3. The van der Waals surface area contributed by atoms with Gasteiger partial charge in [0.25, 0.3) is 0 Å². The fraction of sp³-hybridized carbons (Fsp3) is 0. The second kappa shape index (κ2) is 278. The standard InChI is InChI=1S/21BrH.H3N/h21*1H;1H3. The smallest absolute Gasteiger partial charge is 0.114 e. The van der Waals surface area contributed by atoms with Crippen molar-refractivity contribution in [2.24, 2.45) is 0 Å². The van der Waals surface area contributed by atoms with Crippen LogP contribution in [0.4, 0.5) is 0 Å². The fourth-order valence-corrected chi connectivity index (χ4v) is 0. The van der Waals surface area contributed by atoms with Gasteiger partial charge in [0.1, 0.15) is 0 Å². The largest absolute Gasteiger partial charge is 0.344 e. The predicted octanol–water partition coefficient (Wildman–Crippen LogP) is 12.3. The van der Waals surface area contributed by atoms with Gasteiger partial charge in [-0.2, -0.15) is 0 Å². The number of rotatable bonds is 0. The third kappa shape index (κ3) is 251. The first-order valence-corrected chi connectivity index (χ1v) is 0. The van der Waals surface area contributed by atoms with Gasteiger partial charge in [-0.05, 0) is 0 Å². The second-order valence-corrected chi connectivity index (χ2v) is 0. The molecular formula is H24Br21N. The molecule has 0 fully saturated rings. The summed E-state index contributed by atoms with van der Waals surface area (Å²) in [6.07, 6.45) is 0. The third-order valence-electron chi connectivity index (χ3n) is 0. The molecule has 0 radical (unpaired) electrons. The molecule has 0 unspecified atom stereocenters. The van der Waals surface area contributed by atoms with Crippen LogP contribution in [0.5, 0.6) is 0 Å². The first kappa shape index (κ1) is 306. The summed E-state index contributed by atoms with van der Waals surface area (Å²) in [5.74, 6) is 0. The van der Waals surface area contributed by atoms with Gasteiger partial charge in [0.15, 0.2) is 0 Å². The van der Waals surface area contributed by atoms with E-state index in [1.54, 1.807) is 0 Å². The van der Waals surface area contributed by atoms with Crippen LogP contribution in [0.25, 0.3) is 0 Å². The summed E-state index contributed by atoms with van der Waals surface area (Å²) in [7, 11) is 0. The van der Waals surface area contributed by atoms with Crippen LogP contribution in [0.3, 0.4) is 0 Å². The van der Waals surface area contributed by atoms with E-state index >= 15 is 0 Å². The Bertz CT molecular complexity index is 5.87. The van der Waals surface area contributed by atoms with Gasteiger partial charge in [0.2, 0.25) is 0 Å². The van der Waals surface area contributed by atoms with Crippen molar-refractivity contribution in [2.75, 3.05) is 0 Å². The quantitative estimate of drug-likeness (QED) is 0.258. The van der Waals surface area contributed by atoms with Crippen molar-refractivity contribution in [3.8, 4) is 0 Å². The number of halogens is 21. The molecule has 0 spiro atoms. The Hall–Kier alpha value is 10.0. The minimum Gasteiger partial charge on any atom is -0.344 e. The first-order valence-electron chi connectivity index (χ1n) is 0. The molecule has 0 atom stereocenters. The molecule has 0 aliphatic rings. The van der Waals surface area contributed by atoms with E-state index in [-0.39, 0.29) is 363 Å². The fourth-order valence-electron chi connectivity index (χ4n) is 0. The van der Waals surface area contributed by atoms with E-state index in [1.807, 2.05) is 0 Å². The van der Waals surface area contributed by atoms with Gasteiger partial charge in [-0.15, -0.1) is 357 Å². The maximum Gasteiger partial charge on any atom is -0.114 e. The van der Waals surface area contributed by atoms with Crippen LogP contribution in [0.1, 0.15) is 0 Å². The van der Waals surface area contributed by atoms with E-state index in [9.17, 15) is 0 Å². The summed E-state index contributed by atoms with van der Waals surface area (Å²) in [5, 5.41) is 0. The lowest BCUT2D eigenvalue weighted by molar-refractivity contribution is 2.13. The molecule has 0 aliphatic heterocycles.